The predicted molar refractivity (Wildman–Crippen MR) is 85.4 cm³/mol. The Bertz CT molecular complexity index is 545. The highest BCUT2D eigenvalue weighted by molar-refractivity contribution is 5.78. The molecule has 1 aromatic carbocycles. The van der Waals surface area contributed by atoms with Crippen molar-refractivity contribution in [1.29, 1.82) is 0 Å². The maximum atomic E-state index is 12.3. The van der Waals surface area contributed by atoms with E-state index >= 15 is 0 Å². The Hall–Kier alpha value is -1.71. The minimum absolute atomic E-state index is 0.0803. The molecule has 2 heterocycles. The Balaban J connectivity index is 1.63. The SMILES string of the molecule is CC1(C)Cc2cccc(OCC(=O)N3CCCCCC3)c2O1. The molecular formula is C18H25NO3. The number of carbonyl (C=O) groups excluding carboxylic acids is 1. The summed E-state index contributed by atoms with van der Waals surface area (Å²) in [7, 11) is 0. The number of hydrogen-bond acceptors (Lipinski definition) is 3. The molecule has 0 radical (unpaired) electrons. The highest BCUT2D eigenvalue weighted by Gasteiger charge is 2.32. The molecule has 22 heavy (non-hydrogen) atoms. The average molecular weight is 303 g/mol. The zero-order chi connectivity index (χ0) is 15.6. The zero-order valence-corrected chi connectivity index (χ0v) is 13.6. The van der Waals surface area contributed by atoms with Gasteiger partial charge in [-0.15, -0.1) is 0 Å². The van der Waals surface area contributed by atoms with Gasteiger partial charge in [-0.1, -0.05) is 25.0 Å². The maximum absolute atomic E-state index is 12.3. The van der Waals surface area contributed by atoms with Gasteiger partial charge in [-0.05, 0) is 32.8 Å². The lowest BCUT2D eigenvalue weighted by Crippen LogP contribution is -2.35. The van der Waals surface area contributed by atoms with Gasteiger partial charge < -0.3 is 14.4 Å². The summed E-state index contributed by atoms with van der Waals surface area (Å²) in [6.07, 6.45) is 5.52. The number of amides is 1. The van der Waals surface area contributed by atoms with E-state index in [9.17, 15) is 4.79 Å². The molecule has 0 spiro atoms. The summed E-state index contributed by atoms with van der Waals surface area (Å²) >= 11 is 0. The molecule has 0 aromatic heterocycles. The third-order valence-corrected chi connectivity index (χ3v) is 4.36. The lowest BCUT2D eigenvalue weighted by atomic mass is 10.0. The van der Waals surface area contributed by atoms with Gasteiger partial charge in [-0.25, -0.2) is 0 Å². The van der Waals surface area contributed by atoms with Crippen LogP contribution in [0.5, 0.6) is 11.5 Å². The largest absolute Gasteiger partial charge is 0.483 e. The molecule has 4 heteroatoms. The number of rotatable bonds is 3. The summed E-state index contributed by atoms with van der Waals surface area (Å²) in [6.45, 7) is 5.95. The normalized spacial score (nSPS) is 20.0. The quantitative estimate of drug-likeness (QED) is 0.861. The van der Waals surface area contributed by atoms with Gasteiger partial charge in [0.15, 0.2) is 18.1 Å². The first-order valence-electron chi connectivity index (χ1n) is 8.27. The van der Waals surface area contributed by atoms with Crippen LogP contribution in [0.15, 0.2) is 18.2 Å². The van der Waals surface area contributed by atoms with Gasteiger partial charge in [0.25, 0.3) is 5.91 Å². The van der Waals surface area contributed by atoms with Gasteiger partial charge in [0.1, 0.15) is 5.60 Å². The first kappa shape index (κ1) is 15.2. The molecule has 1 aromatic rings. The van der Waals surface area contributed by atoms with E-state index in [1.807, 2.05) is 17.0 Å². The van der Waals surface area contributed by atoms with Crippen LogP contribution in [0.2, 0.25) is 0 Å². The van der Waals surface area contributed by atoms with E-state index in [4.69, 9.17) is 9.47 Å². The topological polar surface area (TPSA) is 38.8 Å². The van der Waals surface area contributed by atoms with E-state index in [-0.39, 0.29) is 18.1 Å². The molecule has 1 amide bonds. The number of benzene rings is 1. The van der Waals surface area contributed by atoms with Gasteiger partial charge in [-0.2, -0.15) is 0 Å². The van der Waals surface area contributed by atoms with Crippen molar-refractivity contribution in [3.8, 4) is 11.5 Å². The van der Waals surface area contributed by atoms with Crippen LogP contribution in [0, 0.1) is 0 Å². The monoisotopic (exact) mass is 303 g/mol. The second-order valence-corrected chi connectivity index (χ2v) is 6.87. The number of fused-ring (bicyclic) bond motifs is 1. The molecule has 0 bridgehead atoms. The summed E-state index contributed by atoms with van der Waals surface area (Å²) in [5.41, 5.74) is 0.959. The molecular weight excluding hydrogens is 278 g/mol. The minimum atomic E-state index is -0.198. The Morgan fingerprint density at radius 2 is 1.95 bits per heavy atom. The second-order valence-electron chi connectivity index (χ2n) is 6.87. The number of para-hydroxylation sites is 1. The number of nitrogens with zero attached hydrogens (tertiary/aromatic N) is 1. The van der Waals surface area contributed by atoms with Crippen molar-refractivity contribution < 1.29 is 14.3 Å². The first-order valence-corrected chi connectivity index (χ1v) is 8.27. The van der Waals surface area contributed by atoms with Crippen molar-refractivity contribution in [2.45, 2.75) is 51.6 Å². The van der Waals surface area contributed by atoms with Crippen molar-refractivity contribution in [3.63, 3.8) is 0 Å². The standard InChI is InChI=1S/C18H25NO3/c1-18(2)12-14-8-7-9-15(17(14)22-18)21-13-16(20)19-10-5-3-4-6-11-19/h7-9H,3-6,10-13H2,1-2H3. The molecule has 2 aliphatic heterocycles. The van der Waals surface area contributed by atoms with Gasteiger partial charge in [0.05, 0.1) is 0 Å². The molecule has 3 rings (SSSR count). The first-order chi connectivity index (χ1) is 10.6. The average Bonchev–Trinajstić information content (AvgIpc) is 2.67. The molecule has 120 valence electrons. The van der Waals surface area contributed by atoms with E-state index in [1.54, 1.807) is 0 Å². The van der Waals surface area contributed by atoms with Crippen LogP contribution in [0.1, 0.15) is 45.1 Å². The molecule has 1 fully saturated rings. The smallest absolute Gasteiger partial charge is 0.260 e. The van der Waals surface area contributed by atoms with Crippen LogP contribution in [-0.2, 0) is 11.2 Å². The van der Waals surface area contributed by atoms with Crippen LogP contribution in [0.4, 0.5) is 0 Å². The predicted octanol–water partition coefficient (Wildman–Crippen LogP) is 3.18. The summed E-state index contributed by atoms with van der Waals surface area (Å²) in [6, 6.07) is 5.92. The van der Waals surface area contributed by atoms with E-state index in [0.29, 0.717) is 5.75 Å². The Labute approximate surface area is 132 Å². The molecule has 2 aliphatic rings. The van der Waals surface area contributed by atoms with Crippen LogP contribution in [-0.4, -0.2) is 36.1 Å². The molecule has 0 unspecified atom stereocenters. The number of carbonyl (C=O) groups is 1. The van der Waals surface area contributed by atoms with Crippen molar-refractivity contribution in [2.75, 3.05) is 19.7 Å². The van der Waals surface area contributed by atoms with E-state index in [0.717, 1.165) is 43.7 Å². The minimum Gasteiger partial charge on any atom is -0.483 e. The van der Waals surface area contributed by atoms with Gasteiger partial charge in [-0.3, -0.25) is 4.79 Å². The zero-order valence-electron chi connectivity index (χ0n) is 13.6. The van der Waals surface area contributed by atoms with Crippen molar-refractivity contribution in [2.24, 2.45) is 0 Å². The van der Waals surface area contributed by atoms with E-state index < -0.39 is 0 Å². The number of likely N-dealkylation sites (tertiary alicyclic amines) is 1. The van der Waals surface area contributed by atoms with Crippen LogP contribution in [0.3, 0.4) is 0 Å². The summed E-state index contributed by atoms with van der Waals surface area (Å²) in [4.78, 5) is 14.2. The fourth-order valence-electron chi connectivity index (χ4n) is 3.25. The van der Waals surface area contributed by atoms with Crippen LogP contribution < -0.4 is 9.47 Å². The summed E-state index contributed by atoms with van der Waals surface area (Å²) in [5, 5.41) is 0. The Morgan fingerprint density at radius 1 is 1.23 bits per heavy atom. The fourth-order valence-corrected chi connectivity index (χ4v) is 3.25. The molecule has 0 aliphatic carbocycles. The molecule has 0 atom stereocenters. The lowest BCUT2D eigenvalue weighted by molar-refractivity contribution is -0.133. The summed E-state index contributed by atoms with van der Waals surface area (Å²) < 4.78 is 11.8. The van der Waals surface area contributed by atoms with Gasteiger partial charge in [0.2, 0.25) is 0 Å². The molecule has 1 saturated heterocycles. The van der Waals surface area contributed by atoms with Gasteiger partial charge >= 0.3 is 0 Å². The highest BCUT2D eigenvalue weighted by Crippen LogP contribution is 2.41. The lowest BCUT2D eigenvalue weighted by Gasteiger charge is -2.21. The van der Waals surface area contributed by atoms with Crippen LogP contribution in [0.25, 0.3) is 0 Å². The Morgan fingerprint density at radius 3 is 2.68 bits per heavy atom. The van der Waals surface area contributed by atoms with Crippen molar-refractivity contribution >= 4 is 5.91 Å². The number of ether oxygens (including phenoxy) is 2. The molecule has 4 nitrogen and oxygen atoms in total. The van der Waals surface area contributed by atoms with Crippen molar-refractivity contribution in [1.82, 2.24) is 4.90 Å². The van der Waals surface area contributed by atoms with Crippen LogP contribution >= 0.6 is 0 Å². The number of hydrogen-bond donors (Lipinski definition) is 0. The van der Waals surface area contributed by atoms with E-state index in [1.165, 1.54) is 12.8 Å². The summed E-state index contributed by atoms with van der Waals surface area (Å²) in [5.74, 6) is 1.57. The maximum Gasteiger partial charge on any atom is 0.260 e. The van der Waals surface area contributed by atoms with E-state index in [2.05, 4.69) is 19.9 Å². The molecule has 0 saturated carbocycles. The fraction of sp³-hybridized carbons (Fsp3) is 0.611. The highest BCUT2D eigenvalue weighted by atomic mass is 16.5. The Kier molecular flexibility index (Phi) is 4.27. The van der Waals surface area contributed by atoms with Crippen molar-refractivity contribution in [3.05, 3.63) is 23.8 Å². The molecule has 0 N–H and O–H groups in total. The second kappa shape index (κ2) is 6.19. The third-order valence-electron chi connectivity index (χ3n) is 4.36. The van der Waals surface area contributed by atoms with Gasteiger partial charge in [0, 0.05) is 25.1 Å². The third kappa shape index (κ3) is 3.37.